The van der Waals surface area contributed by atoms with Gasteiger partial charge in [0.1, 0.15) is 17.9 Å². The Hall–Kier alpha value is -2.69. The Morgan fingerprint density at radius 3 is 2.37 bits per heavy atom. The molecule has 142 valence electrons. The van der Waals surface area contributed by atoms with Crippen molar-refractivity contribution in [1.29, 1.82) is 0 Å². The highest BCUT2D eigenvalue weighted by Gasteiger charge is 2.29. The van der Waals surface area contributed by atoms with Crippen LogP contribution in [0, 0.1) is 18.7 Å². The number of benzene rings is 2. The molecule has 3 rings (SSSR count). The molecule has 0 saturated heterocycles. The lowest BCUT2D eigenvalue weighted by Crippen LogP contribution is -2.36. The van der Waals surface area contributed by atoms with Gasteiger partial charge in [0.25, 0.3) is 0 Å². The molecule has 0 aliphatic heterocycles. The van der Waals surface area contributed by atoms with Crippen molar-refractivity contribution in [3.05, 3.63) is 59.4 Å². The minimum Gasteiger partial charge on any atom is -0.490 e. The summed E-state index contributed by atoms with van der Waals surface area (Å²) in [6.45, 7) is 1.86. The Labute approximate surface area is 158 Å². The Morgan fingerprint density at radius 2 is 1.78 bits per heavy atom. The van der Waals surface area contributed by atoms with Gasteiger partial charge in [0.05, 0.1) is 6.10 Å². The molecule has 0 heterocycles. The summed E-state index contributed by atoms with van der Waals surface area (Å²) in [5.41, 5.74) is 2.30. The van der Waals surface area contributed by atoms with E-state index in [2.05, 4.69) is 0 Å². The average molecular weight is 369 g/mol. The molecule has 0 spiro atoms. The second kappa shape index (κ2) is 8.33. The number of aldehydes is 1. The quantitative estimate of drug-likeness (QED) is 0.727. The number of nitrogens with zero attached hydrogens (tertiary/aromatic N) is 1. The Balaban J connectivity index is 1.56. The first-order chi connectivity index (χ1) is 13.0. The zero-order chi connectivity index (χ0) is 19.4. The number of carbonyl (C=O) groups excluding carboxylic acids is 2. The number of amides is 1. The number of carbonyl (C=O) groups is 2. The SMILES string of the molecule is Cc1cc(N(C)C(=O)[C@H]2CC[C@H](Oc3ccc(F)cc3)CC2)ccc1C=O. The predicted molar refractivity (Wildman–Crippen MR) is 103 cm³/mol. The number of ether oxygens (including phenoxy) is 1. The molecule has 5 heteroatoms. The van der Waals surface area contributed by atoms with Crippen molar-refractivity contribution in [3.63, 3.8) is 0 Å². The lowest BCUT2D eigenvalue weighted by atomic mass is 9.86. The van der Waals surface area contributed by atoms with Crippen LogP contribution in [-0.4, -0.2) is 25.3 Å². The van der Waals surface area contributed by atoms with Crippen LogP contribution in [0.2, 0.25) is 0 Å². The topological polar surface area (TPSA) is 46.6 Å². The summed E-state index contributed by atoms with van der Waals surface area (Å²) in [5.74, 6) is 0.438. The number of rotatable bonds is 5. The van der Waals surface area contributed by atoms with Crippen LogP contribution >= 0.6 is 0 Å². The lowest BCUT2D eigenvalue weighted by Gasteiger charge is -2.31. The second-order valence-corrected chi connectivity index (χ2v) is 7.10. The Bertz CT molecular complexity index is 811. The van der Waals surface area contributed by atoms with Gasteiger partial charge in [-0.2, -0.15) is 0 Å². The van der Waals surface area contributed by atoms with Crippen molar-refractivity contribution < 1.29 is 18.7 Å². The zero-order valence-corrected chi connectivity index (χ0v) is 15.7. The van der Waals surface area contributed by atoms with Crippen molar-refractivity contribution in [2.45, 2.75) is 38.7 Å². The van der Waals surface area contributed by atoms with Crippen LogP contribution in [0.5, 0.6) is 5.75 Å². The molecule has 1 amide bonds. The van der Waals surface area contributed by atoms with Crippen molar-refractivity contribution in [2.75, 3.05) is 11.9 Å². The van der Waals surface area contributed by atoms with Gasteiger partial charge < -0.3 is 9.64 Å². The van der Waals surface area contributed by atoms with Gasteiger partial charge in [-0.05, 0) is 80.6 Å². The zero-order valence-electron chi connectivity index (χ0n) is 15.7. The van der Waals surface area contributed by atoms with E-state index in [1.165, 1.54) is 12.1 Å². The first kappa shape index (κ1) is 19.1. The maximum Gasteiger partial charge on any atom is 0.229 e. The first-order valence-electron chi connectivity index (χ1n) is 9.23. The molecule has 2 aromatic rings. The van der Waals surface area contributed by atoms with Gasteiger partial charge in [-0.25, -0.2) is 4.39 Å². The molecular formula is C22H24FNO3. The Kier molecular flexibility index (Phi) is 5.89. The van der Waals surface area contributed by atoms with Crippen molar-refractivity contribution in [3.8, 4) is 5.75 Å². The summed E-state index contributed by atoms with van der Waals surface area (Å²) < 4.78 is 18.9. The van der Waals surface area contributed by atoms with Crippen molar-refractivity contribution in [2.24, 2.45) is 5.92 Å². The van der Waals surface area contributed by atoms with Crippen molar-refractivity contribution >= 4 is 17.9 Å². The fourth-order valence-corrected chi connectivity index (χ4v) is 3.54. The molecule has 0 radical (unpaired) electrons. The number of halogens is 1. The number of aryl methyl sites for hydroxylation is 1. The van der Waals surface area contributed by atoms with Crippen LogP contribution in [0.3, 0.4) is 0 Å². The molecule has 1 saturated carbocycles. The standard InChI is InChI=1S/C22H24FNO3/c1-15-13-19(8-3-17(15)14-25)24(2)22(26)16-4-9-20(10-5-16)27-21-11-6-18(23)7-12-21/h3,6-8,11-14,16,20H,4-5,9-10H2,1-2H3/t16-,20-. The molecule has 0 unspecified atom stereocenters. The largest absolute Gasteiger partial charge is 0.490 e. The number of anilines is 1. The molecule has 27 heavy (non-hydrogen) atoms. The van der Waals surface area contributed by atoms with Gasteiger partial charge in [0.15, 0.2) is 0 Å². The van der Waals surface area contributed by atoms with E-state index in [-0.39, 0.29) is 23.7 Å². The first-order valence-corrected chi connectivity index (χ1v) is 9.23. The fraction of sp³-hybridized carbons (Fsp3) is 0.364. The second-order valence-electron chi connectivity index (χ2n) is 7.10. The summed E-state index contributed by atoms with van der Waals surface area (Å²) in [7, 11) is 1.78. The molecular weight excluding hydrogens is 345 g/mol. The summed E-state index contributed by atoms with van der Waals surface area (Å²) in [4.78, 5) is 25.5. The van der Waals surface area contributed by atoms with E-state index >= 15 is 0 Å². The van der Waals surface area contributed by atoms with Crippen LogP contribution < -0.4 is 9.64 Å². The van der Waals surface area contributed by atoms with Crippen LogP contribution in [0.4, 0.5) is 10.1 Å². The molecule has 0 aromatic heterocycles. The maximum absolute atomic E-state index is 13.0. The third-order valence-corrected chi connectivity index (χ3v) is 5.24. The number of hydrogen-bond acceptors (Lipinski definition) is 3. The van der Waals surface area contributed by atoms with Crippen molar-refractivity contribution in [1.82, 2.24) is 0 Å². The molecule has 0 atom stereocenters. The monoisotopic (exact) mass is 369 g/mol. The van der Waals surface area contributed by atoms with Crippen LogP contribution in [-0.2, 0) is 4.79 Å². The summed E-state index contributed by atoms with van der Waals surface area (Å²) >= 11 is 0. The van der Waals surface area contributed by atoms with E-state index in [1.807, 2.05) is 13.0 Å². The molecule has 0 N–H and O–H groups in total. The smallest absolute Gasteiger partial charge is 0.229 e. The Morgan fingerprint density at radius 1 is 1.11 bits per heavy atom. The summed E-state index contributed by atoms with van der Waals surface area (Å²) in [6, 6.07) is 11.4. The van der Waals surface area contributed by atoms with Crippen LogP contribution in [0.1, 0.15) is 41.6 Å². The molecule has 2 aromatic carbocycles. The molecule has 0 bridgehead atoms. The summed E-state index contributed by atoms with van der Waals surface area (Å²) in [6.07, 6.45) is 4.00. The van der Waals surface area contributed by atoms with E-state index in [0.717, 1.165) is 43.2 Å². The summed E-state index contributed by atoms with van der Waals surface area (Å²) in [5, 5.41) is 0. The highest BCUT2D eigenvalue weighted by atomic mass is 19.1. The average Bonchev–Trinajstić information content (AvgIpc) is 2.69. The minimum absolute atomic E-state index is 0.0332. The van der Waals surface area contributed by atoms with Gasteiger partial charge in [-0.1, -0.05) is 0 Å². The van der Waals surface area contributed by atoms with E-state index in [1.54, 1.807) is 36.2 Å². The van der Waals surface area contributed by atoms with Gasteiger partial charge in [-0.15, -0.1) is 0 Å². The molecule has 4 nitrogen and oxygen atoms in total. The predicted octanol–water partition coefficient (Wildman–Crippen LogP) is 4.55. The van der Waals surface area contributed by atoms with Crippen LogP contribution in [0.25, 0.3) is 0 Å². The molecule has 1 fully saturated rings. The van der Waals surface area contributed by atoms with Gasteiger partial charge in [0.2, 0.25) is 5.91 Å². The van der Waals surface area contributed by atoms with Gasteiger partial charge in [0, 0.05) is 24.2 Å². The minimum atomic E-state index is -0.281. The molecule has 1 aliphatic rings. The molecule has 1 aliphatic carbocycles. The van der Waals surface area contributed by atoms with E-state index < -0.39 is 0 Å². The van der Waals surface area contributed by atoms with E-state index in [4.69, 9.17) is 4.74 Å². The third-order valence-electron chi connectivity index (χ3n) is 5.24. The number of hydrogen-bond donors (Lipinski definition) is 0. The van der Waals surface area contributed by atoms with Crippen LogP contribution in [0.15, 0.2) is 42.5 Å². The normalized spacial score (nSPS) is 19.4. The van der Waals surface area contributed by atoms with Gasteiger partial charge in [-0.3, -0.25) is 9.59 Å². The maximum atomic E-state index is 13.0. The van der Waals surface area contributed by atoms with Gasteiger partial charge >= 0.3 is 0 Å². The lowest BCUT2D eigenvalue weighted by molar-refractivity contribution is -0.123. The highest BCUT2D eigenvalue weighted by molar-refractivity contribution is 5.95. The third kappa shape index (κ3) is 4.54. The fourth-order valence-electron chi connectivity index (χ4n) is 3.54. The van der Waals surface area contributed by atoms with E-state index in [0.29, 0.717) is 11.3 Å². The van der Waals surface area contributed by atoms with E-state index in [9.17, 15) is 14.0 Å². The highest BCUT2D eigenvalue weighted by Crippen LogP contribution is 2.30.